The number of aliphatic hydroxyl groups excluding tert-OH is 1. The van der Waals surface area contributed by atoms with Crippen molar-refractivity contribution in [2.45, 2.75) is 44.8 Å². The Morgan fingerprint density at radius 1 is 1.35 bits per heavy atom. The zero-order valence-electron chi connectivity index (χ0n) is 11.9. The van der Waals surface area contributed by atoms with Crippen LogP contribution >= 0.6 is 0 Å². The van der Waals surface area contributed by atoms with E-state index in [4.69, 9.17) is 4.74 Å². The van der Waals surface area contributed by atoms with Crippen molar-refractivity contribution < 1.29 is 14.6 Å². The fourth-order valence-corrected chi connectivity index (χ4v) is 2.56. The first-order valence-electron chi connectivity index (χ1n) is 7.34. The van der Waals surface area contributed by atoms with Gasteiger partial charge in [0.25, 0.3) is 5.91 Å². The van der Waals surface area contributed by atoms with Gasteiger partial charge in [-0.2, -0.15) is 0 Å². The van der Waals surface area contributed by atoms with Crippen molar-refractivity contribution in [3.63, 3.8) is 0 Å². The summed E-state index contributed by atoms with van der Waals surface area (Å²) in [7, 11) is 0. The Bertz CT molecular complexity index is 421. The van der Waals surface area contributed by atoms with E-state index in [1.807, 2.05) is 30.3 Å². The third kappa shape index (κ3) is 4.23. The first-order valence-corrected chi connectivity index (χ1v) is 7.34. The summed E-state index contributed by atoms with van der Waals surface area (Å²) in [6.45, 7) is 2.27. The zero-order valence-corrected chi connectivity index (χ0v) is 11.9. The standard InChI is InChI=1S/C16H23NO3/c1-12(20-14-8-3-2-4-9-14)16(19)17-11-13-7-5-6-10-15(13)18/h2-4,8-9,12-13,15,18H,5-7,10-11H2,1H3,(H,17,19). The van der Waals surface area contributed by atoms with Gasteiger partial charge in [0.2, 0.25) is 0 Å². The smallest absolute Gasteiger partial charge is 0.260 e. The Balaban J connectivity index is 1.76. The number of nitrogens with one attached hydrogen (secondary N) is 1. The Hall–Kier alpha value is -1.55. The van der Waals surface area contributed by atoms with Crippen molar-refractivity contribution in [1.82, 2.24) is 5.32 Å². The third-order valence-electron chi connectivity index (χ3n) is 3.83. The van der Waals surface area contributed by atoms with E-state index in [1.54, 1.807) is 6.92 Å². The van der Waals surface area contributed by atoms with E-state index in [1.165, 1.54) is 0 Å². The monoisotopic (exact) mass is 277 g/mol. The van der Waals surface area contributed by atoms with E-state index >= 15 is 0 Å². The molecule has 0 radical (unpaired) electrons. The Morgan fingerprint density at radius 3 is 2.75 bits per heavy atom. The van der Waals surface area contributed by atoms with Crippen molar-refractivity contribution in [2.75, 3.05) is 6.54 Å². The van der Waals surface area contributed by atoms with Gasteiger partial charge in [-0.05, 0) is 31.9 Å². The summed E-state index contributed by atoms with van der Waals surface area (Å²) >= 11 is 0. The molecule has 3 unspecified atom stereocenters. The average Bonchev–Trinajstić information content (AvgIpc) is 2.47. The Labute approximate surface area is 120 Å². The van der Waals surface area contributed by atoms with E-state index < -0.39 is 6.10 Å². The van der Waals surface area contributed by atoms with Crippen LogP contribution in [0.2, 0.25) is 0 Å². The van der Waals surface area contributed by atoms with Crippen molar-refractivity contribution in [3.8, 4) is 5.75 Å². The van der Waals surface area contributed by atoms with Gasteiger partial charge in [0.15, 0.2) is 6.10 Å². The molecule has 0 saturated heterocycles. The van der Waals surface area contributed by atoms with Crippen LogP contribution in [-0.2, 0) is 4.79 Å². The average molecular weight is 277 g/mol. The van der Waals surface area contributed by atoms with Crippen molar-refractivity contribution >= 4 is 5.91 Å². The summed E-state index contributed by atoms with van der Waals surface area (Å²) in [5.74, 6) is 0.733. The highest BCUT2D eigenvalue weighted by atomic mass is 16.5. The molecular weight excluding hydrogens is 254 g/mol. The van der Waals surface area contributed by atoms with Crippen LogP contribution in [0.4, 0.5) is 0 Å². The summed E-state index contributed by atoms with van der Waals surface area (Å²) in [6, 6.07) is 9.31. The maximum absolute atomic E-state index is 12.0. The number of aliphatic hydroxyl groups is 1. The van der Waals surface area contributed by atoms with Crippen molar-refractivity contribution in [1.29, 1.82) is 0 Å². The van der Waals surface area contributed by atoms with Crippen LogP contribution in [0.5, 0.6) is 5.75 Å². The van der Waals surface area contributed by atoms with Crippen LogP contribution in [0, 0.1) is 5.92 Å². The maximum atomic E-state index is 12.0. The van der Waals surface area contributed by atoms with Crippen molar-refractivity contribution in [2.24, 2.45) is 5.92 Å². The molecule has 4 nitrogen and oxygen atoms in total. The molecule has 1 saturated carbocycles. The van der Waals surface area contributed by atoms with Crippen LogP contribution < -0.4 is 10.1 Å². The minimum atomic E-state index is -0.530. The van der Waals surface area contributed by atoms with Gasteiger partial charge in [-0.3, -0.25) is 4.79 Å². The molecule has 4 heteroatoms. The number of amides is 1. The van der Waals surface area contributed by atoms with Gasteiger partial charge in [0.05, 0.1) is 6.10 Å². The summed E-state index contributed by atoms with van der Waals surface area (Å²) in [6.07, 6.45) is 3.23. The van der Waals surface area contributed by atoms with Gasteiger partial charge < -0.3 is 15.2 Å². The van der Waals surface area contributed by atoms with Crippen LogP contribution in [0.15, 0.2) is 30.3 Å². The van der Waals surface area contributed by atoms with E-state index in [9.17, 15) is 9.90 Å². The van der Waals surface area contributed by atoms with Gasteiger partial charge in [-0.25, -0.2) is 0 Å². The van der Waals surface area contributed by atoms with Crippen molar-refractivity contribution in [3.05, 3.63) is 30.3 Å². The lowest BCUT2D eigenvalue weighted by Crippen LogP contribution is -2.42. The first-order chi connectivity index (χ1) is 9.66. The summed E-state index contributed by atoms with van der Waals surface area (Å²) < 4.78 is 5.57. The van der Waals surface area contributed by atoms with Gasteiger partial charge in [0, 0.05) is 12.5 Å². The summed E-state index contributed by atoms with van der Waals surface area (Å²) in [5.41, 5.74) is 0. The number of hydrogen-bond donors (Lipinski definition) is 2. The SMILES string of the molecule is CC(Oc1ccccc1)C(=O)NCC1CCCCC1O. The fourth-order valence-electron chi connectivity index (χ4n) is 2.56. The highest BCUT2D eigenvalue weighted by Crippen LogP contribution is 2.23. The lowest BCUT2D eigenvalue weighted by molar-refractivity contribution is -0.127. The molecule has 0 spiro atoms. The lowest BCUT2D eigenvalue weighted by atomic mass is 9.86. The fraction of sp³-hybridized carbons (Fsp3) is 0.562. The predicted molar refractivity (Wildman–Crippen MR) is 77.5 cm³/mol. The number of carbonyl (C=O) groups excluding carboxylic acids is 1. The molecule has 1 aliphatic rings. The molecule has 1 aromatic carbocycles. The highest BCUT2D eigenvalue weighted by Gasteiger charge is 2.24. The van der Waals surface area contributed by atoms with Gasteiger partial charge in [0.1, 0.15) is 5.75 Å². The predicted octanol–water partition coefficient (Wildman–Crippen LogP) is 2.12. The number of rotatable bonds is 5. The minimum Gasteiger partial charge on any atom is -0.481 e. The summed E-state index contributed by atoms with van der Waals surface area (Å²) in [4.78, 5) is 12.0. The largest absolute Gasteiger partial charge is 0.481 e. The molecule has 1 aromatic rings. The second kappa shape index (κ2) is 7.29. The topological polar surface area (TPSA) is 58.6 Å². The molecule has 0 aliphatic heterocycles. The zero-order chi connectivity index (χ0) is 14.4. The molecule has 20 heavy (non-hydrogen) atoms. The number of hydrogen-bond acceptors (Lipinski definition) is 3. The van der Waals surface area contributed by atoms with E-state index in [0.717, 1.165) is 25.7 Å². The number of para-hydroxylation sites is 1. The molecule has 0 heterocycles. The van der Waals surface area contributed by atoms with Gasteiger partial charge in [-0.1, -0.05) is 31.0 Å². The van der Waals surface area contributed by atoms with Crippen LogP contribution in [0.1, 0.15) is 32.6 Å². The van der Waals surface area contributed by atoms with Crippen LogP contribution in [0.25, 0.3) is 0 Å². The third-order valence-corrected chi connectivity index (χ3v) is 3.83. The molecular formula is C16H23NO3. The van der Waals surface area contributed by atoms with E-state index in [2.05, 4.69) is 5.32 Å². The lowest BCUT2D eigenvalue weighted by Gasteiger charge is -2.28. The maximum Gasteiger partial charge on any atom is 0.260 e. The molecule has 2 rings (SSSR count). The van der Waals surface area contributed by atoms with E-state index in [0.29, 0.717) is 12.3 Å². The quantitative estimate of drug-likeness (QED) is 0.866. The highest BCUT2D eigenvalue weighted by molar-refractivity contribution is 5.80. The Kier molecular flexibility index (Phi) is 5.41. The second-order valence-electron chi connectivity index (χ2n) is 5.43. The number of ether oxygens (including phenoxy) is 1. The Morgan fingerprint density at radius 2 is 2.05 bits per heavy atom. The van der Waals surface area contributed by atoms with Crippen LogP contribution in [0.3, 0.4) is 0 Å². The van der Waals surface area contributed by atoms with Gasteiger partial charge in [-0.15, -0.1) is 0 Å². The minimum absolute atomic E-state index is 0.133. The van der Waals surface area contributed by atoms with Gasteiger partial charge >= 0.3 is 0 Å². The molecule has 0 aromatic heterocycles. The number of benzene rings is 1. The molecule has 2 N–H and O–H groups in total. The molecule has 110 valence electrons. The van der Waals surface area contributed by atoms with E-state index in [-0.39, 0.29) is 17.9 Å². The first kappa shape index (κ1) is 14.9. The molecule has 1 amide bonds. The number of carbonyl (C=O) groups is 1. The summed E-state index contributed by atoms with van der Waals surface area (Å²) in [5, 5.41) is 12.8. The normalized spacial score (nSPS) is 23.9. The molecule has 1 aliphatic carbocycles. The molecule has 1 fully saturated rings. The molecule has 0 bridgehead atoms. The van der Waals surface area contributed by atoms with Crippen LogP contribution in [-0.4, -0.2) is 29.8 Å². The molecule has 3 atom stereocenters. The second-order valence-corrected chi connectivity index (χ2v) is 5.43.